The molecule has 0 unspecified atom stereocenters. The summed E-state index contributed by atoms with van der Waals surface area (Å²) < 4.78 is 0. The molecule has 7 heteroatoms. The molecule has 2 amide bonds. The lowest BCUT2D eigenvalue weighted by molar-refractivity contribution is -0.384. The molecule has 140 valence electrons. The van der Waals surface area contributed by atoms with Gasteiger partial charge in [0, 0.05) is 36.5 Å². The van der Waals surface area contributed by atoms with Gasteiger partial charge < -0.3 is 9.80 Å². The number of hydrogen-bond acceptors (Lipinski definition) is 4. The average molecular weight is 367 g/mol. The zero-order chi connectivity index (χ0) is 19.6. The van der Waals surface area contributed by atoms with Gasteiger partial charge in [-0.3, -0.25) is 19.7 Å². The van der Waals surface area contributed by atoms with Gasteiger partial charge in [-0.15, -0.1) is 0 Å². The number of anilines is 1. The SMILES string of the molecule is CCc1ccc(N2CCN(C(=O)c3ccc([N+](=O)[O-])cc3)[C@H](C)C2=O)cc1. The van der Waals surface area contributed by atoms with E-state index in [1.165, 1.54) is 34.7 Å². The van der Waals surface area contributed by atoms with Crippen molar-refractivity contribution in [1.82, 2.24) is 4.90 Å². The summed E-state index contributed by atoms with van der Waals surface area (Å²) in [5, 5.41) is 10.7. The molecule has 2 aromatic rings. The fourth-order valence-corrected chi connectivity index (χ4v) is 3.21. The van der Waals surface area contributed by atoms with E-state index in [-0.39, 0.29) is 17.5 Å². The quantitative estimate of drug-likeness (QED) is 0.614. The number of nitrogens with zero attached hydrogens (tertiary/aromatic N) is 3. The van der Waals surface area contributed by atoms with Crippen LogP contribution in [0.3, 0.4) is 0 Å². The summed E-state index contributed by atoms with van der Waals surface area (Å²) in [6.07, 6.45) is 0.933. The standard InChI is InChI=1S/C20H21N3O4/c1-3-15-4-8-17(9-5-15)22-13-12-21(14(2)19(22)24)20(25)16-6-10-18(11-7-16)23(26)27/h4-11,14H,3,12-13H2,1-2H3/t14-/m1/s1. The van der Waals surface area contributed by atoms with Crippen LogP contribution in [-0.2, 0) is 11.2 Å². The summed E-state index contributed by atoms with van der Waals surface area (Å²) >= 11 is 0. The molecule has 0 radical (unpaired) electrons. The highest BCUT2D eigenvalue weighted by Gasteiger charge is 2.35. The van der Waals surface area contributed by atoms with Crippen LogP contribution < -0.4 is 4.90 Å². The number of nitro benzene ring substituents is 1. The van der Waals surface area contributed by atoms with Gasteiger partial charge in [0.2, 0.25) is 5.91 Å². The molecule has 0 saturated carbocycles. The Kier molecular flexibility index (Phi) is 5.21. The minimum Gasteiger partial charge on any atom is -0.325 e. The van der Waals surface area contributed by atoms with E-state index in [2.05, 4.69) is 6.92 Å². The summed E-state index contributed by atoms with van der Waals surface area (Å²) in [5.41, 5.74) is 2.29. The predicted octanol–water partition coefficient (Wildman–Crippen LogP) is 3.03. The summed E-state index contributed by atoms with van der Waals surface area (Å²) in [7, 11) is 0. The van der Waals surface area contributed by atoms with Crippen molar-refractivity contribution >= 4 is 23.2 Å². The average Bonchev–Trinajstić information content (AvgIpc) is 2.69. The number of amides is 2. The van der Waals surface area contributed by atoms with Crippen molar-refractivity contribution < 1.29 is 14.5 Å². The van der Waals surface area contributed by atoms with Crippen LogP contribution in [0.25, 0.3) is 0 Å². The van der Waals surface area contributed by atoms with Gasteiger partial charge in [0.1, 0.15) is 6.04 Å². The molecule has 0 bridgehead atoms. The van der Waals surface area contributed by atoms with Crippen LogP contribution >= 0.6 is 0 Å². The summed E-state index contributed by atoms with van der Waals surface area (Å²) in [5.74, 6) is -0.438. The van der Waals surface area contributed by atoms with E-state index >= 15 is 0 Å². The van der Waals surface area contributed by atoms with E-state index in [0.29, 0.717) is 18.7 Å². The van der Waals surface area contributed by atoms with Crippen LogP contribution in [0.15, 0.2) is 48.5 Å². The first-order valence-electron chi connectivity index (χ1n) is 8.88. The van der Waals surface area contributed by atoms with Gasteiger partial charge in [0.15, 0.2) is 0 Å². The predicted molar refractivity (Wildman–Crippen MR) is 102 cm³/mol. The third-order valence-corrected chi connectivity index (χ3v) is 4.90. The molecule has 27 heavy (non-hydrogen) atoms. The Morgan fingerprint density at radius 1 is 1.11 bits per heavy atom. The number of carbonyl (C=O) groups is 2. The Hall–Kier alpha value is -3.22. The van der Waals surface area contributed by atoms with Crippen molar-refractivity contribution in [2.45, 2.75) is 26.3 Å². The van der Waals surface area contributed by atoms with Crippen LogP contribution in [0.1, 0.15) is 29.8 Å². The monoisotopic (exact) mass is 367 g/mol. The molecule has 0 aromatic heterocycles. The fourth-order valence-electron chi connectivity index (χ4n) is 3.21. The number of hydrogen-bond donors (Lipinski definition) is 0. The molecule has 0 spiro atoms. The van der Waals surface area contributed by atoms with E-state index in [0.717, 1.165) is 12.1 Å². The minimum atomic E-state index is -0.604. The Labute approximate surface area is 157 Å². The molecule has 3 rings (SSSR count). The zero-order valence-electron chi connectivity index (χ0n) is 15.3. The maximum atomic E-state index is 12.8. The third-order valence-electron chi connectivity index (χ3n) is 4.90. The van der Waals surface area contributed by atoms with Gasteiger partial charge >= 0.3 is 0 Å². The van der Waals surface area contributed by atoms with Gasteiger partial charge in [-0.1, -0.05) is 19.1 Å². The Morgan fingerprint density at radius 2 is 1.74 bits per heavy atom. The maximum Gasteiger partial charge on any atom is 0.269 e. The van der Waals surface area contributed by atoms with Crippen LogP contribution in [0.4, 0.5) is 11.4 Å². The molecule has 1 atom stereocenters. The van der Waals surface area contributed by atoms with E-state index in [1.807, 2.05) is 24.3 Å². The Balaban J connectivity index is 1.75. The van der Waals surface area contributed by atoms with Crippen molar-refractivity contribution in [3.63, 3.8) is 0 Å². The normalized spacial score (nSPS) is 17.1. The van der Waals surface area contributed by atoms with Crippen LogP contribution in [0.5, 0.6) is 0 Å². The minimum absolute atomic E-state index is 0.0731. The molecule has 2 aromatic carbocycles. The summed E-state index contributed by atoms with van der Waals surface area (Å²) in [4.78, 5) is 39.0. The topological polar surface area (TPSA) is 83.8 Å². The lowest BCUT2D eigenvalue weighted by atomic mass is 10.1. The number of non-ortho nitro benzene ring substituents is 1. The first kappa shape index (κ1) is 18.6. The highest BCUT2D eigenvalue weighted by Crippen LogP contribution is 2.23. The second-order valence-electron chi connectivity index (χ2n) is 6.49. The van der Waals surface area contributed by atoms with Gasteiger partial charge in [-0.05, 0) is 43.2 Å². The van der Waals surface area contributed by atoms with Gasteiger partial charge in [-0.2, -0.15) is 0 Å². The molecular weight excluding hydrogens is 346 g/mol. The molecule has 0 N–H and O–H groups in total. The van der Waals surface area contributed by atoms with E-state index < -0.39 is 11.0 Å². The van der Waals surface area contributed by atoms with Crippen molar-refractivity contribution in [3.05, 3.63) is 69.8 Å². The third kappa shape index (κ3) is 3.67. The molecule has 1 aliphatic rings. The smallest absolute Gasteiger partial charge is 0.269 e. The fraction of sp³-hybridized carbons (Fsp3) is 0.300. The zero-order valence-corrected chi connectivity index (χ0v) is 15.3. The summed E-state index contributed by atoms with van der Waals surface area (Å²) in [6, 6.07) is 12.7. The highest BCUT2D eigenvalue weighted by molar-refractivity contribution is 6.03. The number of rotatable bonds is 4. The first-order valence-corrected chi connectivity index (χ1v) is 8.88. The van der Waals surface area contributed by atoms with Crippen molar-refractivity contribution in [3.8, 4) is 0 Å². The second-order valence-corrected chi connectivity index (χ2v) is 6.49. The van der Waals surface area contributed by atoms with E-state index in [1.54, 1.807) is 11.8 Å². The number of benzene rings is 2. The molecule has 1 saturated heterocycles. The van der Waals surface area contributed by atoms with Crippen LogP contribution in [0.2, 0.25) is 0 Å². The number of nitro groups is 1. The Morgan fingerprint density at radius 3 is 2.30 bits per heavy atom. The van der Waals surface area contributed by atoms with E-state index in [9.17, 15) is 19.7 Å². The number of piperazine rings is 1. The van der Waals surface area contributed by atoms with Gasteiger partial charge in [0.25, 0.3) is 11.6 Å². The highest BCUT2D eigenvalue weighted by atomic mass is 16.6. The molecule has 1 heterocycles. The van der Waals surface area contributed by atoms with Crippen molar-refractivity contribution in [2.24, 2.45) is 0 Å². The van der Waals surface area contributed by atoms with Crippen molar-refractivity contribution in [2.75, 3.05) is 18.0 Å². The Bertz CT molecular complexity index is 862. The maximum absolute atomic E-state index is 12.8. The van der Waals surface area contributed by atoms with E-state index in [4.69, 9.17) is 0 Å². The van der Waals surface area contributed by atoms with Crippen LogP contribution in [-0.4, -0.2) is 40.8 Å². The number of carbonyl (C=O) groups excluding carboxylic acids is 2. The second kappa shape index (κ2) is 7.57. The molecule has 1 fully saturated rings. The largest absolute Gasteiger partial charge is 0.325 e. The molecule has 1 aliphatic heterocycles. The summed E-state index contributed by atoms with van der Waals surface area (Å²) in [6.45, 7) is 4.59. The first-order chi connectivity index (χ1) is 12.9. The van der Waals surface area contributed by atoms with Crippen LogP contribution in [0, 0.1) is 10.1 Å². The lowest BCUT2D eigenvalue weighted by Gasteiger charge is -2.39. The molecule has 7 nitrogen and oxygen atoms in total. The number of aryl methyl sites for hydroxylation is 1. The van der Waals surface area contributed by atoms with Crippen molar-refractivity contribution in [1.29, 1.82) is 0 Å². The lowest BCUT2D eigenvalue weighted by Crippen LogP contribution is -2.57. The molecular formula is C20H21N3O4. The van der Waals surface area contributed by atoms with Gasteiger partial charge in [0.05, 0.1) is 4.92 Å². The molecule has 0 aliphatic carbocycles. The van der Waals surface area contributed by atoms with Gasteiger partial charge in [-0.25, -0.2) is 0 Å².